The maximum absolute atomic E-state index is 3.60. The van der Waals surface area contributed by atoms with E-state index in [2.05, 4.69) is 6.42 Å². The van der Waals surface area contributed by atoms with Crippen LogP contribution in [0.5, 0.6) is 0 Å². The molecule has 4 aliphatic rings. The van der Waals surface area contributed by atoms with Crippen LogP contribution in [0.1, 0.15) is 25.7 Å². The smallest absolute Gasteiger partial charge is 0.0131 e. The molecule has 4 bridgehead atoms. The maximum atomic E-state index is 3.60. The molecule has 0 aromatic heterocycles. The van der Waals surface area contributed by atoms with Gasteiger partial charge in [0, 0.05) is 0 Å². The number of hydrogen-bond acceptors (Lipinski definition) is 0. The average molecular weight is 120 g/mol. The summed E-state index contributed by atoms with van der Waals surface area (Å²) in [6, 6.07) is 0. The van der Waals surface area contributed by atoms with Gasteiger partial charge in [0.2, 0.25) is 0 Å². The first kappa shape index (κ1) is 4.76. The Labute approximate surface area is 56.6 Å². The minimum absolute atomic E-state index is 0.976. The zero-order valence-electron chi connectivity index (χ0n) is 5.64. The highest BCUT2D eigenvalue weighted by atomic mass is 14.6. The lowest BCUT2D eigenvalue weighted by atomic mass is 9.56. The first-order chi connectivity index (χ1) is 4.47. The van der Waals surface area contributed by atoms with Crippen LogP contribution in [0.15, 0.2) is 0 Å². The predicted octanol–water partition coefficient (Wildman–Crippen LogP) is 2.13. The molecule has 0 aromatic carbocycles. The largest absolute Gasteiger partial charge is 0.0527 e. The zero-order chi connectivity index (χ0) is 5.84. The van der Waals surface area contributed by atoms with E-state index in [0.717, 1.165) is 23.7 Å². The SMILES string of the molecule is [C]1CC2C3CCCC2C13. The molecule has 0 heteroatoms. The minimum Gasteiger partial charge on any atom is -0.0527 e. The second kappa shape index (κ2) is 1.36. The second-order valence-electron chi connectivity index (χ2n) is 3.86. The number of fused-ring (bicyclic) bond motifs is 1. The molecule has 0 saturated heterocycles. The van der Waals surface area contributed by atoms with Gasteiger partial charge in [0.05, 0.1) is 0 Å². The molecule has 0 nitrogen and oxygen atoms in total. The molecule has 4 saturated carbocycles. The Morgan fingerprint density at radius 1 is 1.00 bits per heavy atom. The van der Waals surface area contributed by atoms with Crippen molar-refractivity contribution < 1.29 is 0 Å². The van der Waals surface area contributed by atoms with Gasteiger partial charge < -0.3 is 0 Å². The molecular formula is C9H12. The maximum Gasteiger partial charge on any atom is -0.0131 e. The van der Waals surface area contributed by atoms with E-state index in [9.17, 15) is 0 Å². The van der Waals surface area contributed by atoms with Crippen LogP contribution in [0.3, 0.4) is 0 Å². The monoisotopic (exact) mass is 120 g/mol. The third-order valence-corrected chi connectivity index (χ3v) is 3.69. The van der Waals surface area contributed by atoms with Crippen molar-refractivity contribution in [3.8, 4) is 0 Å². The Morgan fingerprint density at radius 2 is 1.78 bits per heavy atom. The molecule has 4 rings (SSSR count). The molecule has 2 atom stereocenters. The van der Waals surface area contributed by atoms with Gasteiger partial charge in [-0.15, -0.1) is 0 Å². The summed E-state index contributed by atoms with van der Waals surface area (Å²) < 4.78 is 0. The lowest BCUT2D eigenvalue weighted by Crippen LogP contribution is -2.42. The summed E-state index contributed by atoms with van der Waals surface area (Å²) >= 11 is 0. The summed E-state index contributed by atoms with van der Waals surface area (Å²) in [6.45, 7) is 0. The normalized spacial score (nSPS) is 61.3. The van der Waals surface area contributed by atoms with Crippen LogP contribution in [-0.4, -0.2) is 0 Å². The summed E-state index contributed by atoms with van der Waals surface area (Å²) in [5.74, 6) is 4.32. The van der Waals surface area contributed by atoms with Crippen molar-refractivity contribution in [3.63, 3.8) is 0 Å². The molecule has 0 amide bonds. The highest BCUT2D eigenvalue weighted by molar-refractivity contribution is 5.13. The molecule has 9 heavy (non-hydrogen) atoms. The molecule has 4 aliphatic carbocycles. The number of hydrogen-bond donors (Lipinski definition) is 0. The summed E-state index contributed by atoms with van der Waals surface area (Å²) in [6.07, 6.45) is 9.51. The van der Waals surface area contributed by atoms with Gasteiger partial charge in [-0.25, -0.2) is 0 Å². The van der Waals surface area contributed by atoms with Crippen molar-refractivity contribution in [3.05, 3.63) is 6.42 Å². The van der Waals surface area contributed by atoms with Crippen LogP contribution >= 0.6 is 0 Å². The molecule has 0 N–H and O–H groups in total. The zero-order valence-corrected chi connectivity index (χ0v) is 5.64. The van der Waals surface area contributed by atoms with Gasteiger partial charge in [-0.3, -0.25) is 0 Å². The van der Waals surface area contributed by atoms with Crippen LogP contribution in [0.25, 0.3) is 0 Å². The van der Waals surface area contributed by atoms with E-state index in [1.54, 1.807) is 0 Å². The minimum atomic E-state index is 0.976. The molecule has 0 aliphatic heterocycles. The lowest BCUT2D eigenvalue weighted by molar-refractivity contribution is 0.00207. The summed E-state index contributed by atoms with van der Waals surface area (Å²) in [4.78, 5) is 0. The van der Waals surface area contributed by atoms with Crippen molar-refractivity contribution in [2.45, 2.75) is 25.7 Å². The first-order valence-electron chi connectivity index (χ1n) is 4.20. The second-order valence-corrected chi connectivity index (χ2v) is 3.86. The van der Waals surface area contributed by atoms with Gasteiger partial charge in [0.15, 0.2) is 0 Å². The van der Waals surface area contributed by atoms with Gasteiger partial charge in [0.1, 0.15) is 0 Å². The fraction of sp³-hybridized carbons (Fsp3) is 0.889. The molecule has 2 unspecified atom stereocenters. The van der Waals surface area contributed by atoms with Gasteiger partial charge in [-0.05, 0) is 49.4 Å². The van der Waals surface area contributed by atoms with Crippen molar-refractivity contribution in [2.75, 3.05) is 0 Å². The van der Waals surface area contributed by atoms with Crippen LogP contribution < -0.4 is 0 Å². The third kappa shape index (κ3) is 0.395. The molecular weight excluding hydrogens is 108 g/mol. The van der Waals surface area contributed by atoms with E-state index in [1.165, 1.54) is 25.7 Å². The Kier molecular flexibility index (Phi) is 0.717. The van der Waals surface area contributed by atoms with Gasteiger partial charge in [-0.2, -0.15) is 0 Å². The van der Waals surface area contributed by atoms with Crippen LogP contribution in [0, 0.1) is 30.1 Å². The topological polar surface area (TPSA) is 0 Å². The van der Waals surface area contributed by atoms with Crippen LogP contribution in [-0.2, 0) is 0 Å². The first-order valence-corrected chi connectivity index (χ1v) is 4.20. The lowest BCUT2D eigenvalue weighted by Gasteiger charge is -2.49. The molecule has 0 spiro atoms. The summed E-state index contributed by atoms with van der Waals surface area (Å²) in [5, 5.41) is 0. The van der Waals surface area contributed by atoms with E-state index in [0.29, 0.717) is 0 Å². The Bertz CT molecular complexity index is 111. The van der Waals surface area contributed by atoms with Crippen molar-refractivity contribution in [1.82, 2.24) is 0 Å². The quantitative estimate of drug-likeness (QED) is 0.459. The highest BCUT2D eigenvalue weighted by Crippen LogP contribution is 2.63. The van der Waals surface area contributed by atoms with Gasteiger partial charge >= 0.3 is 0 Å². The van der Waals surface area contributed by atoms with E-state index >= 15 is 0 Å². The fourth-order valence-electron chi connectivity index (χ4n) is 3.28. The van der Waals surface area contributed by atoms with Crippen LogP contribution in [0.2, 0.25) is 0 Å². The Balaban J connectivity index is 1.94. The third-order valence-electron chi connectivity index (χ3n) is 3.69. The van der Waals surface area contributed by atoms with E-state index in [4.69, 9.17) is 0 Å². The molecule has 0 heterocycles. The number of rotatable bonds is 0. The van der Waals surface area contributed by atoms with Crippen molar-refractivity contribution in [1.29, 1.82) is 0 Å². The van der Waals surface area contributed by atoms with E-state index in [1.807, 2.05) is 0 Å². The van der Waals surface area contributed by atoms with E-state index < -0.39 is 0 Å². The summed E-state index contributed by atoms with van der Waals surface area (Å²) in [5.41, 5.74) is 0. The Hall–Kier alpha value is 0. The molecule has 48 valence electrons. The van der Waals surface area contributed by atoms with Gasteiger partial charge in [-0.1, -0.05) is 6.42 Å². The van der Waals surface area contributed by atoms with Gasteiger partial charge in [0.25, 0.3) is 0 Å². The summed E-state index contributed by atoms with van der Waals surface area (Å²) in [7, 11) is 0. The van der Waals surface area contributed by atoms with Crippen LogP contribution in [0.4, 0.5) is 0 Å². The predicted molar refractivity (Wildman–Crippen MR) is 35.7 cm³/mol. The Morgan fingerprint density at radius 3 is 2.22 bits per heavy atom. The van der Waals surface area contributed by atoms with E-state index in [-0.39, 0.29) is 0 Å². The fourth-order valence-corrected chi connectivity index (χ4v) is 3.28. The molecule has 4 fully saturated rings. The standard InChI is InChI=1S/C9H12/c1-2-6-8-4-5-9(6)7(8)3-1/h6-9H,1-4H2. The molecule has 0 aromatic rings. The average Bonchev–Trinajstić information content (AvgIpc) is 2.48. The van der Waals surface area contributed by atoms with Crippen molar-refractivity contribution >= 4 is 0 Å². The highest BCUT2D eigenvalue weighted by Gasteiger charge is 2.56. The van der Waals surface area contributed by atoms with Crippen molar-refractivity contribution in [2.24, 2.45) is 23.7 Å². The molecule has 2 radical (unpaired) electrons.